The van der Waals surface area contributed by atoms with E-state index in [1.54, 1.807) is 0 Å². The fraction of sp³-hybridized carbons (Fsp3) is 0.714. The van der Waals surface area contributed by atoms with Crippen molar-refractivity contribution in [2.75, 3.05) is 6.61 Å². The van der Waals surface area contributed by atoms with Crippen LogP contribution in [0.15, 0.2) is 0 Å². The molecule has 0 aromatic carbocycles. The van der Waals surface area contributed by atoms with Gasteiger partial charge in [-0.3, -0.25) is 4.79 Å². The van der Waals surface area contributed by atoms with Crippen LogP contribution in [0, 0.1) is 0 Å². The first-order valence-corrected chi connectivity index (χ1v) is 3.52. The Labute approximate surface area is 65.2 Å². The lowest BCUT2D eigenvalue weighted by molar-refractivity contribution is -0.148. The van der Waals surface area contributed by atoms with Gasteiger partial charge < -0.3 is 4.74 Å². The van der Waals surface area contributed by atoms with Gasteiger partial charge in [-0.15, -0.1) is 0 Å². The van der Waals surface area contributed by atoms with Crippen LogP contribution in [0.3, 0.4) is 0 Å². The van der Waals surface area contributed by atoms with E-state index in [1.165, 1.54) is 0 Å². The van der Waals surface area contributed by atoms with Crippen molar-refractivity contribution in [1.82, 2.24) is 0 Å². The minimum Gasteiger partial charge on any atom is -0.465 e. The average molecular weight is 159 g/mol. The van der Waals surface area contributed by atoms with Crippen LogP contribution in [0.2, 0.25) is 0 Å². The van der Waals surface area contributed by atoms with Gasteiger partial charge in [-0.05, 0) is 6.42 Å². The summed E-state index contributed by atoms with van der Waals surface area (Å²) in [5.41, 5.74) is 0. The number of hydrogen-bond donors (Lipinski definition) is 0. The minimum atomic E-state index is -1.20. The molecule has 11 heavy (non-hydrogen) atoms. The predicted molar refractivity (Wildman–Crippen MR) is 36.2 cm³/mol. The Morgan fingerprint density at radius 1 is 1.27 bits per heavy atom. The van der Waals surface area contributed by atoms with E-state index >= 15 is 0 Å². The largest absolute Gasteiger partial charge is 0.465 e. The van der Waals surface area contributed by atoms with Crippen molar-refractivity contribution in [3.63, 3.8) is 0 Å². The highest BCUT2D eigenvalue weighted by molar-refractivity contribution is 5.70. The third-order valence-corrected chi connectivity index (χ3v) is 1.02. The summed E-state index contributed by atoms with van der Waals surface area (Å²) in [5, 5.41) is 9.84. The van der Waals surface area contributed by atoms with Crippen molar-refractivity contribution < 1.29 is 19.4 Å². The molecular formula is C7H11O4. The summed E-state index contributed by atoms with van der Waals surface area (Å²) in [4.78, 5) is 20.4. The highest BCUT2D eigenvalue weighted by Gasteiger charge is 2.03. The molecule has 4 nitrogen and oxygen atoms in total. The summed E-state index contributed by atoms with van der Waals surface area (Å²) < 4.78 is 4.53. The lowest BCUT2D eigenvalue weighted by Gasteiger charge is -1.99. The molecule has 0 rings (SSSR count). The number of hydrogen-bond acceptors (Lipinski definition) is 3. The third kappa shape index (κ3) is 6.83. The zero-order chi connectivity index (χ0) is 8.69. The van der Waals surface area contributed by atoms with Gasteiger partial charge in [0.1, 0.15) is 6.61 Å². The molecule has 0 aromatic heterocycles. The van der Waals surface area contributed by atoms with Crippen molar-refractivity contribution >= 4 is 11.9 Å². The minimum absolute atomic E-state index is 0.0822. The standard InChI is InChI=1S/C7H11O4/c1-2-3-7(10)11-5-4-6(8)9/h2-5H2,1H3. The molecule has 1 radical (unpaired) electrons. The fourth-order valence-corrected chi connectivity index (χ4v) is 0.524. The Hall–Kier alpha value is -1.06. The van der Waals surface area contributed by atoms with Crippen molar-refractivity contribution in [2.24, 2.45) is 0 Å². The van der Waals surface area contributed by atoms with Gasteiger partial charge in [-0.25, -0.2) is 9.90 Å². The highest BCUT2D eigenvalue weighted by Crippen LogP contribution is 1.92. The maximum atomic E-state index is 10.6. The molecule has 0 bridgehead atoms. The van der Waals surface area contributed by atoms with Gasteiger partial charge in [0, 0.05) is 6.42 Å². The summed E-state index contributed by atoms with van der Waals surface area (Å²) in [7, 11) is 0. The van der Waals surface area contributed by atoms with E-state index < -0.39 is 5.97 Å². The van der Waals surface area contributed by atoms with Gasteiger partial charge >= 0.3 is 11.9 Å². The zero-order valence-electron chi connectivity index (χ0n) is 6.46. The summed E-state index contributed by atoms with van der Waals surface area (Å²) in [6, 6.07) is 0. The van der Waals surface area contributed by atoms with E-state index in [4.69, 9.17) is 0 Å². The molecular weight excluding hydrogens is 148 g/mol. The van der Waals surface area contributed by atoms with Gasteiger partial charge in [-0.2, -0.15) is 0 Å². The normalized spacial score (nSPS) is 9.18. The Morgan fingerprint density at radius 2 is 1.91 bits per heavy atom. The topological polar surface area (TPSA) is 63.3 Å². The molecule has 0 saturated carbocycles. The number of esters is 1. The predicted octanol–water partition coefficient (Wildman–Crippen LogP) is 0.677. The van der Waals surface area contributed by atoms with Gasteiger partial charge in [0.05, 0.1) is 6.42 Å². The summed E-state index contributed by atoms with van der Waals surface area (Å²) >= 11 is 0. The van der Waals surface area contributed by atoms with E-state index in [1.807, 2.05) is 6.92 Å². The van der Waals surface area contributed by atoms with Crippen LogP contribution in [0.4, 0.5) is 0 Å². The van der Waals surface area contributed by atoms with Crippen LogP contribution in [0.5, 0.6) is 0 Å². The highest BCUT2D eigenvalue weighted by atomic mass is 16.5. The van der Waals surface area contributed by atoms with Gasteiger partial charge in [0.2, 0.25) is 0 Å². The second kappa shape index (κ2) is 5.70. The van der Waals surface area contributed by atoms with E-state index in [9.17, 15) is 14.7 Å². The Morgan fingerprint density at radius 3 is 2.36 bits per heavy atom. The van der Waals surface area contributed by atoms with Gasteiger partial charge in [-0.1, -0.05) is 6.92 Å². The van der Waals surface area contributed by atoms with E-state index in [0.717, 1.165) is 0 Å². The van der Waals surface area contributed by atoms with Crippen LogP contribution < -0.4 is 0 Å². The van der Waals surface area contributed by atoms with E-state index in [0.29, 0.717) is 12.8 Å². The fourth-order valence-electron chi connectivity index (χ4n) is 0.524. The van der Waals surface area contributed by atoms with Crippen molar-refractivity contribution in [1.29, 1.82) is 0 Å². The number of carbonyl (C=O) groups excluding carboxylic acids is 2. The van der Waals surface area contributed by atoms with Crippen molar-refractivity contribution in [3.8, 4) is 0 Å². The smallest absolute Gasteiger partial charge is 0.359 e. The Balaban J connectivity index is 3.24. The number of ether oxygens (including phenoxy) is 1. The monoisotopic (exact) mass is 159 g/mol. The Bertz CT molecular complexity index is 141. The van der Waals surface area contributed by atoms with Crippen LogP contribution in [0.1, 0.15) is 26.2 Å². The molecule has 63 valence electrons. The first kappa shape index (κ1) is 9.94. The lowest BCUT2D eigenvalue weighted by atomic mass is 10.3. The molecule has 0 unspecified atom stereocenters. The molecule has 0 amide bonds. The van der Waals surface area contributed by atoms with Crippen LogP contribution in [0.25, 0.3) is 0 Å². The molecule has 0 heterocycles. The maximum Gasteiger partial charge on any atom is 0.359 e. The van der Waals surface area contributed by atoms with E-state index in [2.05, 4.69) is 4.74 Å². The number of carbonyl (C=O) groups is 2. The summed E-state index contributed by atoms with van der Waals surface area (Å²) in [6.45, 7) is 1.77. The zero-order valence-corrected chi connectivity index (χ0v) is 6.46. The molecule has 0 fully saturated rings. The first-order chi connectivity index (χ1) is 5.16. The molecule has 0 aliphatic heterocycles. The van der Waals surface area contributed by atoms with Crippen LogP contribution in [-0.4, -0.2) is 18.5 Å². The quantitative estimate of drug-likeness (QED) is 0.554. The summed E-state index contributed by atoms with van der Waals surface area (Å²) in [5.74, 6) is -1.55. The van der Waals surface area contributed by atoms with E-state index in [-0.39, 0.29) is 19.0 Å². The second-order valence-electron chi connectivity index (χ2n) is 2.09. The average Bonchev–Trinajstić information content (AvgIpc) is 1.87. The molecule has 0 spiro atoms. The van der Waals surface area contributed by atoms with Crippen LogP contribution >= 0.6 is 0 Å². The lowest BCUT2D eigenvalue weighted by Crippen LogP contribution is -2.07. The van der Waals surface area contributed by atoms with Gasteiger partial charge in [0.25, 0.3) is 0 Å². The molecule has 0 N–H and O–H groups in total. The third-order valence-electron chi connectivity index (χ3n) is 1.02. The molecule has 0 saturated heterocycles. The maximum absolute atomic E-state index is 10.6. The molecule has 0 aromatic rings. The molecule has 0 aliphatic carbocycles. The van der Waals surface area contributed by atoms with Gasteiger partial charge in [0.15, 0.2) is 0 Å². The van der Waals surface area contributed by atoms with Crippen molar-refractivity contribution in [2.45, 2.75) is 26.2 Å². The SMILES string of the molecule is CCCC(=O)OCCC([O])=O. The molecule has 0 aliphatic rings. The first-order valence-electron chi connectivity index (χ1n) is 3.52. The van der Waals surface area contributed by atoms with Crippen LogP contribution in [-0.2, 0) is 19.4 Å². The van der Waals surface area contributed by atoms with Crippen molar-refractivity contribution in [3.05, 3.63) is 0 Å². The molecule has 0 atom stereocenters. The Kier molecular flexibility index (Phi) is 5.15. The second-order valence-corrected chi connectivity index (χ2v) is 2.09. The summed E-state index contributed by atoms with van der Waals surface area (Å²) in [6.07, 6.45) is 0.826. The molecule has 4 heteroatoms. The number of rotatable bonds is 5.